The summed E-state index contributed by atoms with van der Waals surface area (Å²) in [6.45, 7) is 0.111. The molecule has 0 atom stereocenters. The summed E-state index contributed by atoms with van der Waals surface area (Å²) in [5.74, 6) is -1.67. The largest absolute Gasteiger partial charge is 0.467 e. The third-order valence-corrected chi connectivity index (χ3v) is 5.52. The smallest absolute Gasteiger partial charge is 0.262 e. The molecule has 6 nitrogen and oxygen atoms in total. The Morgan fingerprint density at radius 3 is 2.81 bits per heavy atom. The average Bonchev–Trinajstić information content (AvgIpc) is 3.24. The molecule has 0 spiro atoms. The number of furan rings is 1. The van der Waals surface area contributed by atoms with Crippen LogP contribution < -0.4 is 10.9 Å². The lowest BCUT2D eigenvalue weighted by atomic mass is 10.2. The van der Waals surface area contributed by atoms with Crippen LogP contribution in [0.25, 0.3) is 10.9 Å². The van der Waals surface area contributed by atoms with Crippen molar-refractivity contribution < 1.29 is 18.0 Å². The Morgan fingerprint density at radius 1 is 1.19 bits per heavy atom. The van der Waals surface area contributed by atoms with Crippen molar-refractivity contribution in [2.75, 3.05) is 11.1 Å². The van der Waals surface area contributed by atoms with Crippen molar-refractivity contribution in [3.05, 3.63) is 87.6 Å². The molecule has 1 amide bonds. The lowest BCUT2D eigenvalue weighted by Gasteiger charge is -2.12. The standard InChI is InChI=1S/C21H14ClF2N3O3S/c22-12-3-5-15-17(8-12)26-21(27(20(15)29)10-14-2-1-7-30-14)31-11-19(28)25-18-9-13(23)4-6-16(18)24/h1-9H,10-11H2,(H,25,28). The predicted molar refractivity (Wildman–Crippen MR) is 115 cm³/mol. The van der Waals surface area contributed by atoms with Crippen molar-refractivity contribution in [2.24, 2.45) is 0 Å². The van der Waals surface area contributed by atoms with Crippen LogP contribution in [0, 0.1) is 11.6 Å². The number of anilines is 1. The van der Waals surface area contributed by atoms with Gasteiger partial charge in [-0.25, -0.2) is 13.8 Å². The monoisotopic (exact) mass is 461 g/mol. The van der Waals surface area contributed by atoms with Gasteiger partial charge in [0, 0.05) is 11.1 Å². The maximum Gasteiger partial charge on any atom is 0.262 e. The Bertz CT molecular complexity index is 1330. The van der Waals surface area contributed by atoms with Gasteiger partial charge in [-0.2, -0.15) is 0 Å². The second-order valence-electron chi connectivity index (χ2n) is 6.49. The molecule has 0 saturated heterocycles. The fourth-order valence-corrected chi connectivity index (χ4v) is 3.86. The topological polar surface area (TPSA) is 77.1 Å². The first kappa shape index (κ1) is 21.1. The molecule has 0 saturated carbocycles. The Kier molecular flexibility index (Phi) is 6.06. The van der Waals surface area contributed by atoms with E-state index in [4.69, 9.17) is 16.0 Å². The predicted octanol–water partition coefficient (Wildman–Crippen LogP) is 4.70. The lowest BCUT2D eigenvalue weighted by molar-refractivity contribution is -0.113. The van der Waals surface area contributed by atoms with Crippen molar-refractivity contribution in [1.82, 2.24) is 9.55 Å². The van der Waals surface area contributed by atoms with Gasteiger partial charge >= 0.3 is 0 Å². The number of hydrogen-bond acceptors (Lipinski definition) is 5. The number of carbonyl (C=O) groups is 1. The minimum Gasteiger partial charge on any atom is -0.467 e. The first-order valence-corrected chi connectivity index (χ1v) is 10.4. The fraction of sp³-hybridized carbons (Fsp3) is 0.0952. The van der Waals surface area contributed by atoms with E-state index in [-0.39, 0.29) is 28.7 Å². The number of nitrogens with one attached hydrogen (secondary N) is 1. The second kappa shape index (κ2) is 8.91. The van der Waals surface area contributed by atoms with Gasteiger partial charge in [0.05, 0.1) is 35.2 Å². The van der Waals surface area contributed by atoms with Crippen LogP contribution in [0.15, 0.2) is 69.2 Å². The van der Waals surface area contributed by atoms with E-state index in [1.807, 2.05) is 0 Å². The van der Waals surface area contributed by atoms with Gasteiger partial charge in [0.1, 0.15) is 17.4 Å². The highest BCUT2D eigenvalue weighted by molar-refractivity contribution is 7.99. The zero-order valence-corrected chi connectivity index (χ0v) is 17.3. The third-order valence-electron chi connectivity index (χ3n) is 4.31. The van der Waals surface area contributed by atoms with Crippen molar-refractivity contribution in [2.45, 2.75) is 11.7 Å². The van der Waals surface area contributed by atoms with Crippen molar-refractivity contribution in [3.63, 3.8) is 0 Å². The number of carbonyl (C=O) groups excluding carboxylic acids is 1. The van der Waals surface area contributed by atoms with Gasteiger partial charge < -0.3 is 9.73 Å². The Labute approximate surface area is 183 Å². The molecular formula is C21H14ClF2N3O3S. The summed E-state index contributed by atoms with van der Waals surface area (Å²) >= 11 is 7.00. The van der Waals surface area contributed by atoms with E-state index in [0.717, 1.165) is 30.0 Å². The quantitative estimate of drug-likeness (QED) is 0.332. The van der Waals surface area contributed by atoms with E-state index >= 15 is 0 Å². The van der Waals surface area contributed by atoms with E-state index in [0.29, 0.717) is 21.7 Å². The summed E-state index contributed by atoms with van der Waals surface area (Å²) in [4.78, 5) is 29.8. The number of rotatable bonds is 6. The summed E-state index contributed by atoms with van der Waals surface area (Å²) in [7, 11) is 0. The SMILES string of the molecule is O=C(CSc1nc2cc(Cl)ccc2c(=O)n1Cc1ccco1)Nc1cc(F)ccc1F. The van der Waals surface area contributed by atoms with Crippen LogP contribution in [0.1, 0.15) is 5.76 Å². The fourth-order valence-electron chi connectivity index (χ4n) is 2.89. The first-order chi connectivity index (χ1) is 14.9. The first-order valence-electron chi connectivity index (χ1n) is 9.01. The molecule has 0 aliphatic rings. The van der Waals surface area contributed by atoms with E-state index in [9.17, 15) is 18.4 Å². The lowest BCUT2D eigenvalue weighted by Crippen LogP contribution is -2.24. The van der Waals surface area contributed by atoms with Gasteiger partial charge in [0.25, 0.3) is 5.56 Å². The zero-order chi connectivity index (χ0) is 22.0. The van der Waals surface area contributed by atoms with Gasteiger partial charge in [-0.3, -0.25) is 14.2 Å². The Hall–Kier alpha value is -3.17. The highest BCUT2D eigenvalue weighted by atomic mass is 35.5. The summed E-state index contributed by atoms with van der Waals surface area (Å²) in [5.41, 5.74) is -0.207. The second-order valence-corrected chi connectivity index (χ2v) is 7.87. The molecule has 2 heterocycles. The summed E-state index contributed by atoms with van der Waals surface area (Å²) in [5, 5.41) is 3.36. The molecule has 10 heteroatoms. The zero-order valence-electron chi connectivity index (χ0n) is 15.8. The van der Waals surface area contributed by atoms with Crippen LogP contribution in [0.5, 0.6) is 0 Å². The molecule has 2 aromatic heterocycles. The summed E-state index contributed by atoms with van der Waals surface area (Å²) in [6, 6.07) is 10.9. The Balaban J connectivity index is 1.62. The van der Waals surface area contributed by atoms with Crippen LogP contribution in [0.4, 0.5) is 14.5 Å². The maximum absolute atomic E-state index is 13.8. The number of hydrogen-bond donors (Lipinski definition) is 1. The Morgan fingerprint density at radius 2 is 2.03 bits per heavy atom. The van der Waals surface area contributed by atoms with Crippen LogP contribution in [-0.4, -0.2) is 21.2 Å². The third kappa shape index (κ3) is 4.78. The molecule has 4 rings (SSSR count). The maximum atomic E-state index is 13.8. The van der Waals surface area contributed by atoms with Crippen LogP contribution in [-0.2, 0) is 11.3 Å². The van der Waals surface area contributed by atoms with Gasteiger partial charge in [0.15, 0.2) is 5.16 Å². The molecule has 0 aliphatic heterocycles. The number of aromatic nitrogens is 2. The molecular weight excluding hydrogens is 448 g/mol. The molecule has 2 aromatic carbocycles. The van der Waals surface area contributed by atoms with E-state index in [1.165, 1.54) is 10.8 Å². The molecule has 4 aromatic rings. The van der Waals surface area contributed by atoms with Gasteiger partial charge in [0.2, 0.25) is 5.91 Å². The average molecular weight is 462 g/mol. The summed E-state index contributed by atoms with van der Waals surface area (Å²) < 4.78 is 33.8. The van der Waals surface area contributed by atoms with Crippen LogP contribution in [0.2, 0.25) is 5.02 Å². The molecule has 0 bridgehead atoms. The van der Waals surface area contributed by atoms with Crippen LogP contribution >= 0.6 is 23.4 Å². The normalized spacial score (nSPS) is 11.1. The number of benzene rings is 2. The van der Waals surface area contributed by atoms with Gasteiger partial charge in [-0.1, -0.05) is 23.4 Å². The number of thioether (sulfide) groups is 1. The summed E-state index contributed by atoms with van der Waals surface area (Å²) in [6.07, 6.45) is 1.49. The van der Waals surface area contributed by atoms with E-state index in [2.05, 4.69) is 10.3 Å². The minimum atomic E-state index is -0.757. The molecule has 31 heavy (non-hydrogen) atoms. The minimum absolute atomic E-state index is 0.111. The van der Waals surface area contributed by atoms with Crippen molar-refractivity contribution in [1.29, 1.82) is 0 Å². The van der Waals surface area contributed by atoms with Gasteiger partial charge in [-0.05, 0) is 42.5 Å². The molecule has 0 fully saturated rings. The molecule has 1 N–H and O–H groups in total. The highest BCUT2D eigenvalue weighted by Gasteiger charge is 2.16. The molecule has 158 valence electrons. The number of amides is 1. The molecule has 0 unspecified atom stereocenters. The number of fused-ring (bicyclic) bond motifs is 1. The number of nitrogens with zero attached hydrogens (tertiary/aromatic N) is 2. The highest BCUT2D eigenvalue weighted by Crippen LogP contribution is 2.22. The van der Waals surface area contributed by atoms with E-state index < -0.39 is 17.5 Å². The van der Waals surface area contributed by atoms with Crippen molar-refractivity contribution >= 4 is 45.9 Å². The molecule has 0 radical (unpaired) electrons. The van der Waals surface area contributed by atoms with Crippen molar-refractivity contribution in [3.8, 4) is 0 Å². The van der Waals surface area contributed by atoms with Crippen LogP contribution in [0.3, 0.4) is 0 Å². The van der Waals surface area contributed by atoms with E-state index in [1.54, 1.807) is 30.3 Å². The number of halogens is 3. The van der Waals surface area contributed by atoms with Gasteiger partial charge in [-0.15, -0.1) is 0 Å². The molecule has 0 aliphatic carbocycles.